The first kappa shape index (κ1) is 8.72. The summed E-state index contributed by atoms with van der Waals surface area (Å²) in [5, 5.41) is 0.522. The summed E-state index contributed by atoms with van der Waals surface area (Å²) in [5.74, 6) is 1.00. The molecule has 2 aliphatic rings. The molecule has 0 saturated heterocycles. The van der Waals surface area contributed by atoms with Crippen molar-refractivity contribution in [1.29, 1.82) is 0 Å². The highest BCUT2D eigenvalue weighted by Gasteiger charge is 2.52. The molecule has 0 N–H and O–H groups in total. The maximum Gasteiger partial charge on any atom is 0.327 e. The molecular weight excluding hydrogens is 168 g/mol. The SMILES string of the molecule is CO[SiH](OC)C12CCC(CC1)C2. The topological polar surface area (TPSA) is 18.5 Å². The molecule has 0 amide bonds. The van der Waals surface area contributed by atoms with Crippen LogP contribution in [0, 0.1) is 5.92 Å². The van der Waals surface area contributed by atoms with Crippen LogP contribution in [-0.4, -0.2) is 23.5 Å². The monoisotopic (exact) mass is 186 g/mol. The lowest BCUT2D eigenvalue weighted by atomic mass is 10.0. The summed E-state index contributed by atoms with van der Waals surface area (Å²) in [7, 11) is 2.30. The molecule has 3 heteroatoms. The standard InChI is InChI=1S/C9H18O2Si/c1-10-12(11-2)9-5-3-8(7-9)4-6-9/h8,12H,3-7H2,1-2H3. The highest BCUT2D eigenvalue weighted by Crippen LogP contribution is 2.61. The third-order valence-corrected chi connectivity index (χ3v) is 6.39. The van der Waals surface area contributed by atoms with Crippen LogP contribution >= 0.6 is 0 Å². The molecule has 0 aliphatic heterocycles. The molecule has 0 atom stereocenters. The molecule has 2 saturated carbocycles. The van der Waals surface area contributed by atoms with Crippen molar-refractivity contribution in [2.75, 3.05) is 14.2 Å². The molecule has 0 spiro atoms. The Morgan fingerprint density at radius 2 is 1.75 bits per heavy atom. The van der Waals surface area contributed by atoms with Gasteiger partial charge in [0.05, 0.1) is 0 Å². The highest BCUT2D eigenvalue weighted by molar-refractivity contribution is 6.48. The fourth-order valence-electron chi connectivity index (χ4n) is 3.16. The van der Waals surface area contributed by atoms with Gasteiger partial charge in [-0.1, -0.05) is 12.8 Å². The van der Waals surface area contributed by atoms with Gasteiger partial charge in [-0.25, -0.2) is 0 Å². The van der Waals surface area contributed by atoms with Crippen LogP contribution < -0.4 is 0 Å². The number of rotatable bonds is 3. The van der Waals surface area contributed by atoms with Gasteiger partial charge in [0.1, 0.15) is 0 Å². The molecule has 2 aliphatic carbocycles. The molecule has 70 valence electrons. The minimum Gasteiger partial charge on any atom is -0.400 e. The molecule has 2 bridgehead atoms. The van der Waals surface area contributed by atoms with E-state index in [1.165, 1.54) is 32.1 Å². The van der Waals surface area contributed by atoms with Crippen LogP contribution in [0.3, 0.4) is 0 Å². The van der Waals surface area contributed by atoms with Gasteiger partial charge < -0.3 is 8.85 Å². The molecule has 2 nitrogen and oxygen atoms in total. The van der Waals surface area contributed by atoms with E-state index >= 15 is 0 Å². The van der Waals surface area contributed by atoms with E-state index in [9.17, 15) is 0 Å². The van der Waals surface area contributed by atoms with Gasteiger partial charge in [-0.05, 0) is 25.2 Å². The third kappa shape index (κ3) is 1.15. The summed E-state index contributed by atoms with van der Waals surface area (Å²) in [6.45, 7) is 0. The van der Waals surface area contributed by atoms with Gasteiger partial charge in [0, 0.05) is 19.3 Å². The third-order valence-electron chi connectivity index (χ3n) is 3.72. The molecule has 0 heterocycles. The van der Waals surface area contributed by atoms with Crippen molar-refractivity contribution >= 4 is 9.28 Å². The van der Waals surface area contributed by atoms with E-state index in [0.717, 1.165) is 5.92 Å². The van der Waals surface area contributed by atoms with Gasteiger partial charge in [0.2, 0.25) is 0 Å². The lowest BCUT2D eigenvalue weighted by Crippen LogP contribution is -2.34. The molecule has 0 unspecified atom stereocenters. The first-order valence-electron chi connectivity index (χ1n) is 4.86. The van der Waals surface area contributed by atoms with Crippen molar-refractivity contribution in [1.82, 2.24) is 0 Å². The Balaban J connectivity index is 2.09. The van der Waals surface area contributed by atoms with Gasteiger partial charge in [-0.3, -0.25) is 0 Å². The number of fused-ring (bicyclic) bond motifs is 2. The van der Waals surface area contributed by atoms with E-state index < -0.39 is 9.28 Å². The predicted octanol–water partition coefficient (Wildman–Crippen LogP) is 1.83. The van der Waals surface area contributed by atoms with Crippen molar-refractivity contribution in [3.8, 4) is 0 Å². The summed E-state index contributed by atoms with van der Waals surface area (Å²) in [6.07, 6.45) is 6.99. The normalized spacial score (nSPS) is 39.8. The van der Waals surface area contributed by atoms with E-state index in [0.29, 0.717) is 5.04 Å². The van der Waals surface area contributed by atoms with Crippen molar-refractivity contribution < 1.29 is 8.85 Å². The molecule has 0 aromatic heterocycles. The van der Waals surface area contributed by atoms with Crippen LogP contribution in [0.1, 0.15) is 32.1 Å². The van der Waals surface area contributed by atoms with Gasteiger partial charge in [0.15, 0.2) is 0 Å². The Labute approximate surface area is 76.1 Å². The zero-order valence-electron chi connectivity index (χ0n) is 8.01. The Morgan fingerprint density at radius 3 is 2.08 bits per heavy atom. The largest absolute Gasteiger partial charge is 0.400 e. The summed E-state index contributed by atoms with van der Waals surface area (Å²) >= 11 is 0. The average molecular weight is 186 g/mol. The summed E-state index contributed by atoms with van der Waals surface area (Å²) in [6, 6.07) is 0. The summed E-state index contributed by atoms with van der Waals surface area (Å²) in [4.78, 5) is 0. The maximum absolute atomic E-state index is 5.52. The van der Waals surface area contributed by atoms with E-state index in [1.807, 2.05) is 14.2 Å². The number of hydrogen-bond acceptors (Lipinski definition) is 2. The van der Waals surface area contributed by atoms with Crippen LogP contribution in [0.2, 0.25) is 5.04 Å². The van der Waals surface area contributed by atoms with Crippen molar-refractivity contribution in [2.45, 2.75) is 37.1 Å². The van der Waals surface area contributed by atoms with Crippen LogP contribution in [0.25, 0.3) is 0 Å². The molecule has 0 radical (unpaired) electrons. The average Bonchev–Trinajstić information content (AvgIpc) is 2.66. The van der Waals surface area contributed by atoms with Crippen molar-refractivity contribution in [3.63, 3.8) is 0 Å². The smallest absolute Gasteiger partial charge is 0.327 e. The quantitative estimate of drug-likeness (QED) is 0.626. The first-order valence-corrected chi connectivity index (χ1v) is 6.38. The van der Waals surface area contributed by atoms with Crippen LogP contribution in [0.4, 0.5) is 0 Å². The zero-order chi connectivity index (χ0) is 8.60. The van der Waals surface area contributed by atoms with Crippen LogP contribution in [0.15, 0.2) is 0 Å². The summed E-state index contributed by atoms with van der Waals surface area (Å²) < 4.78 is 11.0. The van der Waals surface area contributed by atoms with Gasteiger partial charge >= 0.3 is 9.28 Å². The zero-order valence-corrected chi connectivity index (χ0v) is 9.16. The molecule has 2 fully saturated rings. The molecule has 12 heavy (non-hydrogen) atoms. The van der Waals surface area contributed by atoms with Gasteiger partial charge in [-0.2, -0.15) is 0 Å². The highest BCUT2D eigenvalue weighted by atomic mass is 28.3. The van der Waals surface area contributed by atoms with Crippen molar-refractivity contribution in [3.05, 3.63) is 0 Å². The first-order chi connectivity index (χ1) is 5.80. The van der Waals surface area contributed by atoms with Gasteiger partial charge in [-0.15, -0.1) is 0 Å². The Morgan fingerprint density at radius 1 is 1.17 bits per heavy atom. The minimum atomic E-state index is -1.34. The Hall–Kier alpha value is 0.137. The molecule has 0 aromatic carbocycles. The predicted molar refractivity (Wildman–Crippen MR) is 50.4 cm³/mol. The second kappa shape index (κ2) is 3.12. The molecular formula is C9H18O2Si. The fraction of sp³-hybridized carbons (Fsp3) is 1.00. The van der Waals surface area contributed by atoms with E-state index in [-0.39, 0.29) is 0 Å². The molecule has 0 aromatic rings. The maximum atomic E-state index is 5.52. The second-order valence-corrected chi connectivity index (χ2v) is 7.14. The Kier molecular flexibility index (Phi) is 2.27. The van der Waals surface area contributed by atoms with E-state index in [2.05, 4.69) is 0 Å². The lowest BCUT2D eigenvalue weighted by molar-refractivity contribution is 0.237. The van der Waals surface area contributed by atoms with Crippen LogP contribution in [-0.2, 0) is 8.85 Å². The van der Waals surface area contributed by atoms with Gasteiger partial charge in [0.25, 0.3) is 0 Å². The van der Waals surface area contributed by atoms with Crippen molar-refractivity contribution in [2.24, 2.45) is 5.92 Å². The minimum absolute atomic E-state index is 0.522. The van der Waals surface area contributed by atoms with E-state index in [1.54, 1.807) is 0 Å². The summed E-state index contributed by atoms with van der Waals surface area (Å²) in [5.41, 5.74) is 0. The number of hydrogen-bond donors (Lipinski definition) is 0. The van der Waals surface area contributed by atoms with E-state index in [4.69, 9.17) is 8.85 Å². The molecule has 2 rings (SSSR count). The Bertz CT molecular complexity index is 160. The second-order valence-electron chi connectivity index (χ2n) is 4.31. The fourth-order valence-corrected chi connectivity index (χ4v) is 5.69. The van der Waals surface area contributed by atoms with Crippen LogP contribution in [0.5, 0.6) is 0 Å². The lowest BCUT2D eigenvalue weighted by Gasteiger charge is -2.31.